The summed E-state index contributed by atoms with van der Waals surface area (Å²) in [6, 6.07) is 4.22. The fourth-order valence-electron chi connectivity index (χ4n) is 1.76. The number of aliphatic hydroxyl groups excluding tert-OH is 1. The van der Waals surface area contributed by atoms with Gasteiger partial charge in [0, 0.05) is 16.0 Å². The number of hydrogen-bond acceptors (Lipinski definition) is 4. The molecule has 1 unspecified atom stereocenters. The number of hydrogen-bond donors (Lipinski definition) is 1. The van der Waals surface area contributed by atoms with Crippen molar-refractivity contribution in [3.05, 3.63) is 45.2 Å². The first kappa shape index (κ1) is 14.4. The predicted octanol–water partition coefficient (Wildman–Crippen LogP) is 3.71. The van der Waals surface area contributed by atoms with Crippen molar-refractivity contribution in [3.8, 4) is 0 Å². The van der Waals surface area contributed by atoms with Gasteiger partial charge in [-0.3, -0.25) is 0 Å². The lowest BCUT2D eigenvalue weighted by Gasteiger charge is -2.19. The van der Waals surface area contributed by atoms with Crippen LogP contribution in [0, 0.1) is 5.82 Å². The van der Waals surface area contributed by atoms with E-state index in [4.69, 9.17) is 11.6 Å². The molecule has 0 aliphatic rings. The SMILES string of the molecule is CC(C)(C)c1nnsc1C(O)c1ccc(Cl)cc1F. The highest BCUT2D eigenvalue weighted by Gasteiger charge is 2.28. The van der Waals surface area contributed by atoms with Gasteiger partial charge in [0.15, 0.2) is 0 Å². The highest BCUT2D eigenvalue weighted by Crippen LogP contribution is 2.34. The second kappa shape index (κ2) is 5.15. The van der Waals surface area contributed by atoms with Crippen molar-refractivity contribution in [1.29, 1.82) is 0 Å². The van der Waals surface area contributed by atoms with Crippen LogP contribution in [0.25, 0.3) is 0 Å². The lowest BCUT2D eigenvalue weighted by molar-refractivity contribution is 0.215. The average molecular weight is 301 g/mol. The molecule has 1 aromatic heterocycles. The molecule has 0 saturated carbocycles. The number of benzene rings is 1. The minimum Gasteiger partial charge on any atom is -0.383 e. The van der Waals surface area contributed by atoms with Crippen molar-refractivity contribution < 1.29 is 9.50 Å². The summed E-state index contributed by atoms with van der Waals surface area (Å²) in [7, 11) is 0. The van der Waals surface area contributed by atoms with Gasteiger partial charge in [-0.05, 0) is 23.7 Å². The molecule has 0 saturated heterocycles. The van der Waals surface area contributed by atoms with Crippen molar-refractivity contribution >= 4 is 23.1 Å². The largest absolute Gasteiger partial charge is 0.383 e. The van der Waals surface area contributed by atoms with Gasteiger partial charge in [-0.2, -0.15) is 0 Å². The van der Waals surface area contributed by atoms with Gasteiger partial charge in [0.1, 0.15) is 11.9 Å². The molecule has 0 spiro atoms. The van der Waals surface area contributed by atoms with Crippen LogP contribution in [0.2, 0.25) is 5.02 Å². The van der Waals surface area contributed by atoms with Crippen molar-refractivity contribution in [2.75, 3.05) is 0 Å². The third-order valence-electron chi connectivity index (χ3n) is 2.73. The van der Waals surface area contributed by atoms with E-state index in [-0.39, 0.29) is 11.0 Å². The van der Waals surface area contributed by atoms with Gasteiger partial charge < -0.3 is 5.11 Å². The summed E-state index contributed by atoms with van der Waals surface area (Å²) >= 11 is 6.79. The Kier molecular flexibility index (Phi) is 3.90. The highest BCUT2D eigenvalue weighted by atomic mass is 35.5. The number of aromatic nitrogens is 2. The van der Waals surface area contributed by atoms with Gasteiger partial charge in [0.2, 0.25) is 0 Å². The summed E-state index contributed by atoms with van der Waals surface area (Å²) in [5.41, 5.74) is 0.604. The summed E-state index contributed by atoms with van der Waals surface area (Å²) in [6.45, 7) is 5.91. The van der Waals surface area contributed by atoms with Crippen LogP contribution >= 0.6 is 23.1 Å². The van der Waals surface area contributed by atoms with Crippen molar-refractivity contribution in [2.24, 2.45) is 0 Å². The standard InChI is InChI=1S/C13H14ClFN2OS/c1-13(2,3)12-11(19-17-16-12)10(18)8-5-4-7(14)6-9(8)15/h4-6,10,18H,1-3H3. The van der Waals surface area contributed by atoms with E-state index < -0.39 is 11.9 Å². The maximum absolute atomic E-state index is 13.8. The first-order valence-electron chi connectivity index (χ1n) is 5.76. The molecule has 0 fully saturated rings. The van der Waals surface area contributed by atoms with E-state index in [1.165, 1.54) is 12.1 Å². The monoisotopic (exact) mass is 300 g/mol. The molecule has 2 rings (SSSR count). The summed E-state index contributed by atoms with van der Waals surface area (Å²) < 4.78 is 17.7. The van der Waals surface area contributed by atoms with Gasteiger partial charge >= 0.3 is 0 Å². The van der Waals surface area contributed by atoms with E-state index in [0.29, 0.717) is 15.6 Å². The predicted molar refractivity (Wildman–Crippen MR) is 74.1 cm³/mol. The lowest BCUT2D eigenvalue weighted by Crippen LogP contribution is -2.16. The smallest absolute Gasteiger partial charge is 0.130 e. The van der Waals surface area contributed by atoms with E-state index in [0.717, 1.165) is 11.5 Å². The Morgan fingerprint density at radius 3 is 2.63 bits per heavy atom. The van der Waals surface area contributed by atoms with Gasteiger partial charge in [-0.1, -0.05) is 42.9 Å². The number of halogens is 2. The first-order chi connectivity index (χ1) is 8.80. The molecular formula is C13H14ClFN2OS. The molecule has 1 heterocycles. The molecule has 0 aliphatic carbocycles. The maximum atomic E-state index is 13.8. The Hall–Kier alpha value is -1.04. The van der Waals surface area contributed by atoms with Gasteiger partial charge in [0.25, 0.3) is 0 Å². The van der Waals surface area contributed by atoms with Crippen LogP contribution < -0.4 is 0 Å². The first-order valence-corrected chi connectivity index (χ1v) is 6.91. The van der Waals surface area contributed by atoms with Crippen LogP contribution in [0.15, 0.2) is 18.2 Å². The minimum absolute atomic E-state index is 0.181. The van der Waals surface area contributed by atoms with Crippen molar-refractivity contribution in [3.63, 3.8) is 0 Å². The van der Waals surface area contributed by atoms with Gasteiger partial charge in [-0.25, -0.2) is 4.39 Å². The molecule has 1 atom stereocenters. The van der Waals surface area contributed by atoms with E-state index in [1.807, 2.05) is 20.8 Å². The normalized spacial score (nSPS) is 13.6. The summed E-state index contributed by atoms with van der Waals surface area (Å²) in [4.78, 5) is 0.564. The second-order valence-electron chi connectivity index (χ2n) is 5.30. The van der Waals surface area contributed by atoms with Crippen LogP contribution in [-0.2, 0) is 5.41 Å². The van der Waals surface area contributed by atoms with E-state index in [9.17, 15) is 9.50 Å². The lowest BCUT2D eigenvalue weighted by atomic mass is 9.89. The highest BCUT2D eigenvalue weighted by molar-refractivity contribution is 7.05. The van der Waals surface area contributed by atoms with Gasteiger partial charge in [-0.15, -0.1) is 5.10 Å². The summed E-state index contributed by atoms with van der Waals surface area (Å²) in [6.07, 6.45) is -1.08. The second-order valence-corrected chi connectivity index (χ2v) is 6.53. The third kappa shape index (κ3) is 2.94. The molecule has 1 N–H and O–H groups in total. The molecule has 0 aliphatic heterocycles. The molecule has 6 heteroatoms. The number of aliphatic hydroxyl groups is 1. The number of rotatable bonds is 2. The zero-order valence-electron chi connectivity index (χ0n) is 10.8. The molecule has 1 aromatic carbocycles. The van der Waals surface area contributed by atoms with E-state index in [2.05, 4.69) is 9.59 Å². The quantitative estimate of drug-likeness (QED) is 0.919. The van der Waals surface area contributed by atoms with Crippen molar-refractivity contribution in [1.82, 2.24) is 9.59 Å². The Morgan fingerprint density at radius 1 is 1.37 bits per heavy atom. The molecule has 0 bridgehead atoms. The van der Waals surface area contributed by atoms with E-state index in [1.54, 1.807) is 6.07 Å². The summed E-state index contributed by atoms with van der Waals surface area (Å²) in [5.74, 6) is -0.534. The Balaban J connectivity index is 2.45. The topological polar surface area (TPSA) is 46.0 Å². The molecule has 19 heavy (non-hydrogen) atoms. The Labute approximate surface area is 120 Å². The molecule has 2 aromatic rings. The average Bonchev–Trinajstić information content (AvgIpc) is 2.76. The van der Waals surface area contributed by atoms with Crippen LogP contribution in [0.1, 0.15) is 43.0 Å². The van der Waals surface area contributed by atoms with Gasteiger partial charge in [0.05, 0.1) is 10.6 Å². The minimum atomic E-state index is -1.08. The van der Waals surface area contributed by atoms with Crippen LogP contribution in [-0.4, -0.2) is 14.7 Å². The zero-order chi connectivity index (χ0) is 14.2. The van der Waals surface area contributed by atoms with E-state index >= 15 is 0 Å². The van der Waals surface area contributed by atoms with Crippen LogP contribution in [0.3, 0.4) is 0 Å². The summed E-state index contributed by atoms with van der Waals surface area (Å²) in [5, 5.41) is 14.7. The Bertz CT molecular complexity index is 595. The molecule has 0 amide bonds. The number of nitrogens with zero attached hydrogens (tertiary/aromatic N) is 2. The molecule has 3 nitrogen and oxygen atoms in total. The van der Waals surface area contributed by atoms with Crippen molar-refractivity contribution in [2.45, 2.75) is 32.3 Å². The Morgan fingerprint density at radius 2 is 2.05 bits per heavy atom. The molecular weight excluding hydrogens is 287 g/mol. The van der Waals surface area contributed by atoms with Crippen LogP contribution in [0.5, 0.6) is 0 Å². The third-order valence-corrected chi connectivity index (χ3v) is 3.74. The van der Waals surface area contributed by atoms with Crippen LogP contribution in [0.4, 0.5) is 4.39 Å². The fraction of sp³-hybridized carbons (Fsp3) is 0.385. The molecule has 102 valence electrons. The maximum Gasteiger partial charge on any atom is 0.130 e. The zero-order valence-corrected chi connectivity index (χ0v) is 12.4. The fourth-order valence-corrected chi connectivity index (χ4v) is 2.79. The molecule has 0 radical (unpaired) electrons.